The Morgan fingerprint density at radius 1 is 1.13 bits per heavy atom. The molecule has 1 aliphatic heterocycles. The van der Waals surface area contributed by atoms with Gasteiger partial charge in [0.1, 0.15) is 23.8 Å². The van der Waals surface area contributed by atoms with Gasteiger partial charge in [0.2, 0.25) is 0 Å². The first-order valence-corrected chi connectivity index (χ1v) is 12.9. The second-order valence-electron chi connectivity index (χ2n) is 9.72. The molecule has 4 heterocycles. The number of rotatable bonds is 9. The Bertz CT molecular complexity index is 1480. The Kier molecular flexibility index (Phi) is 7.75. The van der Waals surface area contributed by atoms with Crippen molar-refractivity contribution in [3.8, 4) is 0 Å². The summed E-state index contributed by atoms with van der Waals surface area (Å²) in [6.45, 7) is 7.03. The summed E-state index contributed by atoms with van der Waals surface area (Å²) in [6.07, 6.45) is 5.38. The third kappa shape index (κ3) is 5.58. The molecular formula is C27H34N8O3. The maximum absolute atomic E-state index is 13.8. The predicted octanol–water partition coefficient (Wildman–Crippen LogP) is 1.81. The van der Waals surface area contributed by atoms with E-state index in [1.54, 1.807) is 18.0 Å². The Labute approximate surface area is 221 Å². The van der Waals surface area contributed by atoms with Gasteiger partial charge in [-0.25, -0.2) is 15.0 Å². The summed E-state index contributed by atoms with van der Waals surface area (Å²) in [5, 5.41) is 8.80. The number of aryl methyl sites for hydroxylation is 6. The van der Waals surface area contributed by atoms with E-state index in [1.165, 1.54) is 0 Å². The van der Waals surface area contributed by atoms with E-state index >= 15 is 0 Å². The number of fused-ring (bicyclic) bond motifs is 1. The van der Waals surface area contributed by atoms with Crippen molar-refractivity contribution in [1.29, 1.82) is 0 Å². The van der Waals surface area contributed by atoms with Crippen molar-refractivity contribution in [2.75, 3.05) is 38.3 Å². The van der Waals surface area contributed by atoms with E-state index in [0.717, 1.165) is 47.5 Å². The van der Waals surface area contributed by atoms with Gasteiger partial charge in [0.25, 0.3) is 5.56 Å². The lowest BCUT2D eigenvalue weighted by atomic mass is 10.1. The number of methoxy groups -OCH3 is 1. The Balaban J connectivity index is 1.48. The van der Waals surface area contributed by atoms with Crippen LogP contribution in [0, 0.1) is 13.8 Å². The molecule has 1 saturated heterocycles. The molecule has 0 N–H and O–H groups in total. The van der Waals surface area contributed by atoms with E-state index in [0.29, 0.717) is 49.9 Å². The summed E-state index contributed by atoms with van der Waals surface area (Å²) < 4.78 is 14.8. The maximum Gasteiger partial charge on any atom is 0.261 e. The lowest BCUT2D eigenvalue weighted by Crippen LogP contribution is -2.44. The fourth-order valence-corrected chi connectivity index (χ4v) is 4.96. The van der Waals surface area contributed by atoms with Gasteiger partial charge in [0.15, 0.2) is 0 Å². The lowest BCUT2D eigenvalue weighted by molar-refractivity contribution is -0.0100. The van der Waals surface area contributed by atoms with Crippen molar-refractivity contribution in [3.05, 3.63) is 69.8 Å². The monoisotopic (exact) mass is 518 g/mol. The van der Waals surface area contributed by atoms with Crippen molar-refractivity contribution in [2.24, 2.45) is 7.05 Å². The fourth-order valence-electron chi connectivity index (χ4n) is 4.96. The highest BCUT2D eigenvalue weighted by Gasteiger charge is 2.22. The molecule has 4 aromatic rings. The van der Waals surface area contributed by atoms with Crippen LogP contribution < -0.4 is 10.5 Å². The number of aromatic nitrogens is 7. The smallest absolute Gasteiger partial charge is 0.261 e. The molecule has 11 nitrogen and oxygen atoms in total. The first kappa shape index (κ1) is 25.9. The van der Waals surface area contributed by atoms with Crippen LogP contribution in [0.4, 0.5) is 5.69 Å². The Morgan fingerprint density at radius 3 is 2.74 bits per heavy atom. The molecule has 200 valence electrons. The summed E-state index contributed by atoms with van der Waals surface area (Å²) in [4.78, 5) is 29.9. The van der Waals surface area contributed by atoms with Gasteiger partial charge in [-0.2, -0.15) is 0 Å². The van der Waals surface area contributed by atoms with Crippen LogP contribution in [0.15, 0.2) is 35.5 Å². The molecule has 0 unspecified atom stereocenters. The van der Waals surface area contributed by atoms with Crippen LogP contribution in [0.5, 0.6) is 0 Å². The first-order chi connectivity index (χ1) is 18.4. The molecule has 1 aliphatic rings. The number of benzene rings is 1. The highest BCUT2D eigenvalue weighted by atomic mass is 16.5. The lowest BCUT2D eigenvalue weighted by Gasteiger charge is -2.34. The minimum absolute atomic E-state index is 0.0153. The molecule has 38 heavy (non-hydrogen) atoms. The SMILES string of the molecule is COC[C@H]1CN(c2ccc3c(=O)n(CCc4cnc(C)nc4C)c(CCc4nncn4C)nc3c2)CCO1. The molecule has 11 heteroatoms. The van der Waals surface area contributed by atoms with E-state index in [1.807, 2.05) is 49.9 Å². The molecule has 0 bridgehead atoms. The van der Waals surface area contributed by atoms with Gasteiger partial charge in [-0.05, 0) is 44.0 Å². The van der Waals surface area contributed by atoms with Crippen LogP contribution in [-0.2, 0) is 42.3 Å². The van der Waals surface area contributed by atoms with Crippen LogP contribution in [0.25, 0.3) is 10.9 Å². The Morgan fingerprint density at radius 2 is 1.97 bits per heavy atom. The van der Waals surface area contributed by atoms with E-state index in [2.05, 4.69) is 25.1 Å². The average Bonchev–Trinajstić information content (AvgIpc) is 3.32. The van der Waals surface area contributed by atoms with Crippen LogP contribution in [0.1, 0.15) is 28.7 Å². The van der Waals surface area contributed by atoms with E-state index in [-0.39, 0.29) is 11.7 Å². The van der Waals surface area contributed by atoms with Crippen LogP contribution in [0.2, 0.25) is 0 Å². The van der Waals surface area contributed by atoms with Crippen molar-refractivity contribution in [1.82, 2.24) is 34.3 Å². The molecule has 1 atom stereocenters. The topological polar surface area (TPSA) is 113 Å². The van der Waals surface area contributed by atoms with Crippen molar-refractivity contribution >= 4 is 16.6 Å². The predicted molar refractivity (Wildman–Crippen MR) is 143 cm³/mol. The maximum atomic E-state index is 13.8. The van der Waals surface area contributed by atoms with Crippen LogP contribution >= 0.6 is 0 Å². The van der Waals surface area contributed by atoms with Gasteiger partial charge in [0, 0.05) is 64.2 Å². The summed E-state index contributed by atoms with van der Waals surface area (Å²) in [6, 6.07) is 5.91. The zero-order chi connectivity index (χ0) is 26.6. The summed E-state index contributed by atoms with van der Waals surface area (Å²) in [5.74, 6) is 2.32. The number of nitrogens with zero attached hydrogens (tertiary/aromatic N) is 8. The largest absolute Gasteiger partial charge is 0.382 e. The number of anilines is 1. The molecule has 5 rings (SSSR count). The molecule has 3 aromatic heterocycles. The van der Waals surface area contributed by atoms with Crippen molar-refractivity contribution in [2.45, 2.75) is 45.8 Å². The van der Waals surface area contributed by atoms with E-state index < -0.39 is 0 Å². The summed E-state index contributed by atoms with van der Waals surface area (Å²) in [5.41, 5.74) is 3.64. The van der Waals surface area contributed by atoms with Gasteiger partial charge < -0.3 is 18.9 Å². The quantitative estimate of drug-likeness (QED) is 0.327. The van der Waals surface area contributed by atoms with Crippen molar-refractivity contribution in [3.63, 3.8) is 0 Å². The number of hydrogen-bond acceptors (Lipinski definition) is 9. The molecule has 0 spiro atoms. The number of morpholine rings is 1. The zero-order valence-electron chi connectivity index (χ0n) is 22.4. The first-order valence-electron chi connectivity index (χ1n) is 12.9. The van der Waals surface area contributed by atoms with Crippen LogP contribution in [0.3, 0.4) is 0 Å². The Hall–Kier alpha value is -3.70. The molecular weight excluding hydrogens is 484 g/mol. The number of ether oxygens (including phenoxy) is 2. The van der Waals surface area contributed by atoms with Gasteiger partial charge in [-0.3, -0.25) is 9.36 Å². The van der Waals surface area contributed by atoms with Gasteiger partial charge >= 0.3 is 0 Å². The summed E-state index contributed by atoms with van der Waals surface area (Å²) in [7, 11) is 3.60. The third-order valence-corrected chi connectivity index (χ3v) is 7.06. The minimum Gasteiger partial charge on any atom is -0.382 e. The average molecular weight is 519 g/mol. The number of hydrogen-bond donors (Lipinski definition) is 0. The van der Waals surface area contributed by atoms with Gasteiger partial charge in [-0.15, -0.1) is 10.2 Å². The third-order valence-electron chi connectivity index (χ3n) is 7.06. The standard InChI is InChI=1S/C27H34N8O3/c1-18-20(14-28-19(2)30-18)9-10-35-25(7-8-26-32-29-17-33(26)3)31-24-13-21(5-6-23(24)27(35)36)34-11-12-38-22(15-34)16-37-4/h5-6,13-14,17,22H,7-12,15-16H2,1-4H3/t22-/m1/s1. The van der Waals surface area contributed by atoms with Gasteiger partial charge in [0.05, 0.1) is 30.2 Å². The molecule has 1 aromatic carbocycles. The van der Waals surface area contributed by atoms with E-state index in [9.17, 15) is 4.79 Å². The molecule has 0 amide bonds. The highest BCUT2D eigenvalue weighted by molar-refractivity contribution is 5.81. The second-order valence-corrected chi connectivity index (χ2v) is 9.72. The summed E-state index contributed by atoms with van der Waals surface area (Å²) >= 11 is 0. The molecule has 1 fully saturated rings. The highest BCUT2D eigenvalue weighted by Crippen LogP contribution is 2.22. The molecule has 0 saturated carbocycles. The fraction of sp³-hybridized carbons (Fsp3) is 0.481. The minimum atomic E-state index is -0.0422. The van der Waals surface area contributed by atoms with E-state index in [4.69, 9.17) is 14.5 Å². The molecule has 0 radical (unpaired) electrons. The normalized spacial score (nSPS) is 15.9. The van der Waals surface area contributed by atoms with Gasteiger partial charge in [-0.1, -0.05) is 0 Å². The zero-order valence-corrected chi connectivity index (χ0v) is 22.4. The molecule has 0 aliphatic carbocycles. The second kappa shape index (κ2) is 11.4. The van der Waals surface area contributed by atoms with Crippen molar-refractivity contribution < 1.29 is 9.47 Å². The van der Waals surface area contributed by atoms with Crippen LogP contribution in [-0.4, -0.2) is 73.8 Å².